The van der Waals surface area contributed by atoms with Gasteiger partial charge in [-0.05, 0) is 17.7 Å². The van der Waals surface area contributed by atoms with Crippen LogP contribution in [0.3, 0.4) is 0 Å². The Labute approximate surface area is 106 Å². The van der Waals surface area contributed by atoms with Gasteiger partial charge in [-0.25, -0.2) is 8.42 Å². The monoisotopic (exact) mass is 269 g/mol. The second-order valence-electron chi connectivity index (χ2n) is 4.67. The lowest BCUT2D eigenvalue weighted by atomic mass is 10.1. The van der Waals surface area contributed by atoms with Gasteiger partial charge in [0.2, 0.25) is 0 Å². The van der Waals surface area contributed by atoms with Crippen molar-refractivity contribution in [2.45, 2.75) is 17.7 Å². The summed E-state index contributed by atoms with van der Waals surface area (Å²) in [7, 11) is -3.08. The van der Waals surface area contributed by atoms with Crippen molar-refractivity contribution in [2.24, 2.45) is 5.73 Å². The molecule has 2 aliphatic rings. The molecule has 0 bridgehead atoms. The van der Waals surface area contributed by atoms with Crippen molar-refractivity contribution in [3.63, 3.8) is 0 Å². The van der Waals surface area contributed by atoms with Crippen LogP contribution in [0.4, 0.5) is 0 Å². The van der Waals surface area contributed by atoms with Gasteiger partial charge in [0, 0.05) is 12.5 Å². The number of fused-ring (bicyclic) bond motifs is 1. The average molecular weight is 269 g/mol. The molecule has 2 atom stereocenters. The first kappa shape index (κ1) is 11.8. The topological polar surface area (TPSA) is 78.6 Å². The van der Waals surface area contributed by atoms with Crippen LogP contribution in [0, 0.1) is 0 Å². The number of hydrogen-bond donors (Lipinski definition) is 1. The van der Waals surface area contributed by atoms with E-state index in [9.17, 15) is 8.42 Å². The van der Waals surface area contributed by atoms with Crippen molar-refractivity contribution in [3.05, 3.63) is 23.8 Å². The van der Waals surface area contributed by atoms with Crippen LogP contribution in [0.2, 0.25) is 0 Å². The number of benzene rings is 1. The molecule has 0 saturated carbocycles. The Morgan fingerprint density at radius 1 is 1.17 bits per heavy atom. The standard InChI is InChI=1S/C12H15NO4S/c13-9-7-18(14,15)12(9)8-2-3-10-11(6-8)17-5-1-4-16-10/h2-3,6,9,12H,1,4-5,7,13H2. The Hall–Kier alpha value is -1.27. The minimum atomic E-state index is -3.08. The van der Waals surface area contributed by atoms with Crippen LogP contribution in [0.25, 0.3) is 0 Å². The molecule has 2 N–H and O–H groups in total. The van der Waals surface area contributed by atoms with Crippen molar-refractivity contribution in [1.29, 1.82) is 0 Å². The van der Waals surface area contributed by atoms with Gasteiger partial charge >= 0.3 is 0 Å². The first-order valence-electron chi connectivity index (χ1n) is 5.94. The Morgan fingerprint density at radius 2 is 1.89 bits per heavy atom. The predicted octanol–water partition coefficient (Wildman–Crippen LogP) is 0.645. The molecule has 2 aliphatic heterocycles. The number of hydrogen-bond acceptors (Lipinski definition) is 5. The Morgan fingerprint density at radius 3 is 2.56 bits per heavy atom. The summed E-state index contributed by atoms with van der Waals surface area (Å²) in [6.07, 6.45) is 0.825. The maximum Gasteiger partial charge on any atom is 0.161 e. The third-order valence-electron chi connectivity index (χ3n) is 3.30. The van der Waals surface area contributed by atoms with Crippen LogP contribution in [-0.4, -0.2) is 33.4 Å². The zero-order valence-corrected chi connectivity index (χ0v) is 10.7. The summed E-state index contributed by atoms with van der Waals surface area (Å²) in [4.78, 5) is 0. The number of sulfone groups is 1. The van der Waals surface area contributed by atoms with Crippen molar-refractivity contribution in [1.82, 2.24) is 0 Å². The van der Waals surface area contributed by atoms with Crippen LogP contribution in [0.1, 0.15) is 17.2 Å². The Bertz CT molecular complexity index is 569. The maximum absolute atomic E-state index is 11.7. The zero-order chi connectivity index (χ0) is 12.8. The number of ether oxygens (including phenoxy) is 2. The molecule has 3 rings (SSSR count). The first-order chi connectivity index (χ1) is 8.58. The quantitative estimate of drug-likeness (QED) is 0.809. The van der Waals surface area contributed by atoms with E-state index in [4.69, 9.17) is 15.2 Å². The van der Waals surface area contributed by atoms with Crippen molar-refractivity contribution in [2.75, 3.05) is 19.0 Å². The van der Waals surface area contributed by atoms with E-state index in [-0.39, 0.29) is 11.8 Å². The number of nitrogens with two attached hydrogens (primary N) is 1. The molecule has 98 valence electrons. The fourth-order valence-electron chi connectivity index (χ4n) is 2.41. The van der Waals surface area contributed by atoms with Gasteiger partial charge in [-0.15, -0.1) is 0 Å². The van der Waals surface area contributed by atoms with E-state index >= 15 is 0 Å². The van der Waals surface area contributed by atoms with Gasteiger partial charge in [0.15, 0.2) is 21.3 Å². The van der Waals surface area contributed by atoms with Crippen LogP contribution >= 0.6 is 0 Å². The fourth-order valence-corrected chi connectivity index (χ4v) is 4.18. The molecule has 0 amide bonds. The highest BCUT2D eigenvalue weighted by molar-refractivity contribution is 7.93. The van der Waals surface area contributed by atoms with Crippen molar-refractivity contribution >= 4 is 9.84 Å². The minimum absolute atomic E-state index is 0.0616. The normalized spacial score (nSPS) is 29.2. The summed E-state index contributed by atoms with van der Waals surface area (Å²) < 4.78 is 34.5. The molecular weight excluding hydrogens is 254 g/mol. The average Bonchev–Trinajstić information content (AvgIpc) is 2.52. The smallest absolute Gasteiger partial charge is 0.161 e. The molecule has 2 unspecified atom stereocenters. The molecule has 0 aliphatic carbocycles. The molecule has 6 heteroatoms. The molecular formula is C12H15NO4S. The molecule has 0 aromatic heterocycles. The van der Waals surface area contributed by atoms with E-state index in [1.165, 1.54) is 0 Å². The van der Waals surface area contributed by atoms with Crippen LogP contribution in [0.5, 0.6) is 11.5 Å². The number of rotatable bonds is 1. The largest absolute Gasteiger partial charge is 0.490 e. The minimum Gasteiger partial charge on any atom is -0.490 e. The molecule has 1 aromatic carbocycles. The second kappa shape index (κ2) is 4.13. The van der Waals surface area contributed by atoms with E-state index in [1.807, 2.05) is 0 Å². The lowest BCUT2D eigenvalue weighted by Gasteiger charge is -2.33. The molecule has 1 fully saturated rings. The zero-order valence-electron chi connectivity index (χ0n) is 9.83. The van der Waals surface area contributed by atoms with Crippen molar-refractivity contribution in [3.8, 4) is 11.5 Å². The van der Waals surface area contributed by atoms with Crippen LogP contribution in [0.15, 0.2) is 18.2 Å². The first-order valence-corrected chi connectivity index (χ1v) is 7.66. The Balaban J connectivity index is 1.97. The molecule has 0 spiro atoms. The van der Waals surface area contributed by atoms with Gasteiger partial charge < -0.3 is 15.2 Å². The van der Waals surface area contributed by atoms with E-state index in [0.29, 0.717) is 30.3 Å². The summed E-state index contributed by atoms with van der Waals surface area (Å²) in [6.45, 7) is 1.20. The van der Waals surface area contributed by atoms with Gasteiger partial charge in [0.25, 0.3) is 0 Å². The van der Waals surface area contributed by atoms with Crippen LogP contribution in [-0.2, 0) is 9.84 Å². The molecule has 5 nitrogen and oxygen atoms in total. The lowest BCUT2D eigenvalue weighted by Crippen LogP contribution is -2.50. The van der Waals surface area contributed by atoms with Gasteiger partial charge in [-0.1, -0.05) is 6.07 Å². The van der Waals surface area contributed by atoms with Crippen molar-refractivity contribution < 1.29 is 17.9 Å². The Kier molecular flexibility index (Phi) is 2.71. The highest BCUT2D eigenvalue weighted by Gasteiger charge is 2.44. The highest BCUT2D eigenvalue weighted by Crippen LogP contribution is 2.39. The van der Waals surface area contributed by atoms with Gasteiger partial charge in [-0.3, -0.25) is 0 Å². The van der Waals surface area contributed by atoms with E-state index < -0.39 is 15.1 Å². The lowest BCUT2D eigenvalue weighted by molar-refractivity contribution is 0.297. The summed E-state index contributed by atoms with van der Waals surface area (Å²) in [6, 6.07) is 4.94. The molecule has 0 radical (unpaired) electrons. The van der Waals surface area contributed by atoms with Gasteiger partial charge in [0.1, 0.15) is 5.25 Å². The third kappa shape index (κ3) is 1.85. The maximum atomic E-state index is 11.7. The summed E-state index contributed by atoms with van der Waals surface area (Å²) >= 11 is 0. The van der Waals surface area contributed by atoms with Gasteiger partial charge in [0.05, 0.1) is 19.0 Å². The highest BCUT2D eigenvalue weighted by atomic mass is 32.2. The van der Waals surface area contributed by atoms with Crippen LogP contribution < -0.4 is 15.2 Å². The fraction of sp³-hybridized carbons (Fsp3) is 0.500. The second-order valence-corrected chi connectivity index (χ2v) is 6.84. The predicted molar refractivity (Wildman–Crippen MR) is 66.6 cm³/mol. The van der Waals surface area contributed by atoms with E-state index in [0.717, 1.165) is 6.42 Å². The summed E-state index contributed by atoms with van der Waals surface area (Å²) in [5.74, 6) is 1.34. The van der Waals surface area contributed by atoms with Gasteiger partial charge in [-0.2, -0.15) is 0 Å². The van der Waals surface area contributed by atoms with E-state index in [2.05, 4.69) is 0 Å². The summed E-state index contributed by atoms with van der Waals surface area (Å²) in [5, 5.41) is -0.602. The SMILES string of the molecule is NC1CS(=O)(=O)C1c1ccc2c(c1)OCCCO2. The van der Waals surface area contributed by atoms with E-state index in [1.54, 1.807) is 18.2 Å². The molecule has 18 heavy (non-hydrogen) atoms. The molecule has 2 heterocycles. The summed E-state index contributed by atoms with van der Waals surface area (Å²) in [5.41, 5.74) is 6.48. The molecule has 1 saturated heterocycles. The molecule has 1 aromatic rings. The third-order valence-corrected chi connectivity index (χ3v) is 5.55.